The van der Waals surface area contributed by atoms with Crippen LogP contribution in [-0.4, -0.2) is 29.7 Å². The molecule has 0 fully saturated rings. The highest BCUT2D eigenvalue weighted by molar-refractivity contribution is 4.90. The standard InChI is InChI=1S/C4H3F7O.ClH/c5-1-2(6,7)3(8,9)4(10,11)12;/h12H,1H2;1H/p-1. The van der Waals surface area contributed by atoms with Crippen LogP contribution in [0, 0.1) is 0 Å². The third kappa shape index (κ3) is 2.60. The van der Waals surface area contributed by atoms with E-state index in [-0.39, 0.29) is 12.4 Å². The van der Waals surface area contributed by atoms with Crippen molar-refractivity contribution in [2.75, 3.05) is 6.67 Å². The fraction of sp³-hybridized carbons (Fsp3) is 1.00. The molecule has 1 nitrogen and oxygen atoms in total. The Bertz CT molecular complexity index is 164. The quantitative estimate of drug-likeness (QED) is 0.611. The average Bonchev–Trinajstić information content (AvgIpc) is 1.85. The third-order valence-corrected chi connectivity index (χ3v) is 1.00. The van der Waals surface area contributed by atoms with Crippen LogP contribution in [0.2, 0.25) is 0 Å². The van der Waals surface area contributed by atoms with Crippen LogP contribution in [0.4, 0.5) is 30.7 Å². The average molecular weight is 236 g/mol. The fourth-order valence-corrected chi connectivity index (χ4v) is 0.304. The Hall–Kier alpha value is -0.240. The smallest absolute Gasteiger partial charge is 0.423 e. The zero-order valence-electron chi connectivity index (χ0n) is 5.68. The van der Waals surface area contributed by atoms with Gasteiger partial charge in [0.15, 0.2) is 6.67 Å². The van der Waals surface area contributed by atoms with Gasteiger partial charge in [0.2, 0.25) is 0 Å². The predicted octanol–water partition coefficient (Wildman–Crippen LogP) is -1.18. The normalized spacial score (nSPS) is 13.8. The molecule has 82 valence electrons. The summed E-state index contributed by atoms with van der Waals surface area (Å²) in [6.07, 6.45) is -5.94. The van der Waals surface area contributed by atoms with Gasteiger partial charge in [-0.05, 0) is 0 Å². The van der Waals surface area contributed by atoms with Crippen molar-refractivity contribution in [3.05, 3.63) is 0 Å². The zero-order valence-corrected chi connectivity index (χ0v) is 6.43. The summed E-state index contributed by atoms with van der Waals surface area (Å²) in [4.78, 5) is 0. The molecule has 13 heavy (non-hydrogen) atoms. The molecular formula is C4H3ClF7O-. The first-order valence-electron chi connectivity index (χ1n) is 2.48. The van der Waals surface area contributed by atoms with Crippen LogP contribution in [-0.2, 0) is 0 Å². The van der Waals surface area contributed by atoms with Gasteiger partial charge in [0.05, 0.1) is 0 Å². The molecule has 0 rings (SSSR count). The third-order valence-electron chi connectivity index (χ3n) is 1.00. The van der Waals surface area contributed by atoms with Crippen molar-refractivity contribution < 1.29 is 48.2 Å². The first kappa shape index (κ1) is 15.2. The Morgan fingerprint density at radius 2 is 1.23 bits per heavy atom. The van der Waals surface area contributed by atoms with Crippen molar-refractivity contribution in [2.24, 2.45) is 0 Å². The van der Waals surface area contributed by atoms with Crippen LogP contribution in [0.5, 0.6) is 0 Å². The molecule has 0 amide bonds. The molecule has 0 saturated heterocycles. The Balaban J connectivity index is 0. The zero-order chi connectivity index (χ0) is 10.2. The van der Waals surface area contributed by atoms with E-state index in [1.165, 1.54) is 0 Å². The molecular weight excluding hydrogens is 232 g/mol. The van der Waals surface area contributed by atoms with Crippen LogP contribution in [0.15, 0.2) is 0 Å². The van der Waals surface area contributed by atoms with Crippen molar-refractivity contribution in [1.82, 2.24) is 0 Å². The van der Waals surface area contributed by atoms with Crippen LogP contribution in [0.3, 0.4) is 0 Å². The van der Waals surface area contributed by atoms with Crippen LogP contribution in [0.1, 0.15) is 0 Å². The van der Waals surface area contributed by atoms with Crippen molar-refractivity contribution >= 4 is 0 Å². The molecule has 0 unspecified atom stereocenters. The van der Waals surface area contributed by atoms with Gasteiger partial charge in [-0.1, -0.05) is 0 Å². The molecule has 0 aromatic rings. The van der Waals surface area contributed by atoms with E-state index in [4.69, 9.17) is 5.11 Å². The van der Waals surface area contributed by atoms with Gasteiger partial charge in [-0.2, -0.15) is 26.3 Å². The minimum Gasteiger partial charge on any atom is -1.00 e. The van der Waals surface area contributed by atoms with Crippen LogP contribution in [0.25, 0.3) is 0 Å². The topological polar surface area (TPSA) is 20.2 Å². The van der Waals surface area contributed by atoms with E-state index in [0.717, 1.165) is 0 Å². The van der Waals surface area contributed by atoms with E-state index in [1.54, 1.807) is 0 Å². The molecule has 0 bridgehead atoms. The van der Waals surface area contributed by atoms with Gasteiger partial charge < -0.3 is 17.5 Å². The number of aliphatic hydroxyl groups is 1. The maximum Gasteiger partial charge on any atom is 0.423 e. The van der Waals surface area contributed by atoms with E-state index in [1.807, 2.05) is 0 Å². The molecule has 1 N–H and O–H groups in total. The molecule has 0 aliphatic carbocycles. The molecule has 0 spiro atoms. The Labute approximate surface area is 73.9 Å². The number of rotatable bonds is 3. The number of halogens is 8. The Kier molecular flexibility index (Phi) is 4.54. The highest BCUT2D eigenvalue weighted by Crippen LogP contribution is 2.44. The van der Waals surface area contributed by atoms with E-state index in [9.17, 15) is 30.7 Å². The molecule has 0 aromatic carbocycles. The predicted molar refractivity (Wildman–Crippen MR) is 23.0 cm³/mol. The fourth-order valence-electron chi connectivity index (χ4n) is 0.304. The molecule has 0 atom stereocenters. The summed E-state index contributed by atoms with van der Waals surface area (Å²) in [5.41, 5.74) is 0. The Morgan fingerprint density at radius 1 is 0.923 bits per heavy atom. The summed E-state index contributed by atoms with van der Waals surface area (Å²) in [6, 6.07) is 0. The monoisotopic (exact) mass is 235 g/mol. The summed E-state index contributed by atoms with van der Waals surface area (Å²) in [5, 5.41) is 7.28. The van der Waals surface area contributed by atoms with Crippen LogP contribution < -0.4 is 12.4 Å². The molecule has 0 aliphatic rings. The number of hydrogen-bond donors (Lipinski definition) is 1. The van der Waals surface area contributed by atoms with E-state index in [2.05, 4.69) is 0 Å². The summed E-state index contributed by atoms with van der Waals surface area (Å²) >= 11 is 0. The second kappa shape index (κ2) is 3.87. The number of hydrogen-bond acceptors (Lipinski definition) is 1. The largest absolute Gasteiger partial charge is 1.00 e. The van der Waals surface area contributed by atoms with Gasteiger partial charge >= 0.3 is 18.0 Å². The van der Waals surface area contributed by atoms with Gasteiger partial charge in [0.25, 0.3) is 0 Å². The van der Waals surface area contributed by atoms with Crippen molar-refractivity contribution in [3.63, 3.8) is 0 Å². The van der Waals surface area contributed by atoms with Gasteiger partial charge in [-0.25, -0.2) is 4.39 Å². The number of alkyl halides is 7. The second-order valence-electron chi connectivity index (χ2n) is 1.95. The molecule has 9 heteroatoms. The minimum atomic E-state index is -6.10. The lowest BCUT2D eigenvalue weighted by molar-refractivity contribution is -0.385. The minimum absolute atomic E-state index is 0. The second-order valence-corrected chi connectivity index (χ2v) is 1.95. The van der Waals surface area contributed by atoms with Gasteiger partial charge in [-0.3, -0.25) is 0 Å². The maximum absolute atomic E-state index is 11.7. The lowest BCUT2D eigenvalue weighted by Crippen LogP contribution is -3.00. The maximum atomic E-state index is 11.7. The van der Waals surface area contributed by atoms with Crippen molar-refractivity contribution in [1.29, 1.82) is 0 Å². The SMILES string of the molecule is OC(F)(F)C(F)(F)C(F)(F)CF.[Cl-]. The lowest BCUT2D eigenvalue weighted by Gasteiger charge is -2.27. The van der Waals surface area contributed by atoms with Gasteiger partial charge in [0, 0.05) is 0 Å². The molecule has 0 heterocycles. The van der Waals surface area contributed by atoms with Crippen molar-refractivity contribution in [2.45, 2.75) is 18.0 Å². The van der Waals surface area contributed by atoms with E-state index < -0.39 is 24.6 Å². The summed E-state index contributed by atoms with van der Waals surface area (Å²) < 4.78 is 80.6. The first-order valence-corrected chi connectivity index (χ1v) is 2.48. The van der Waals surface area contributed by atoms with E-state index in [0.29, 0.717) is 0 Å². The van der Waals surface area contributed by atoms with Crippen LogP contribution >= 0.6 is 0 Å². The van der Waals surface area contributed by atoms with Gasteiger partial charge in [0.1, 0.15) is 0 Å². The Morgan fingerprint density at radius 3 is 1.31 bits per heavy atom. The molecule has 0 radical (unpaired) electrons. The van der Waals surface area contributed by atoms with E-state index >= 15 is 0 Å². The highest BCUT2D eigenvalue weighted by Gasteiger charge is 2.71. The molecule has 0 saturated carbocycles. The lowest BCUT2D eigenvalue weighted by atomic mass is 10.2. The highest BCUT2D eigenvalue weighted by atomic mass is 35.5. The summed E-state index contributed by atoms with van der Waals surface area (Å²) in [7, 11) is 0. The summed E-state index contributed by atoms with van der Waals surface area (Å²) in [6.45, 7) is -2.98. The summed E-state index contributed by atoms with van der Waals surface area (Å²) in [5.74, 6) is -11.7. The van der Waals surface area contributed by atoms with Crippen molar-refractivity contribution in [3.8, 4) is 0 Å². The first-order chi connectivity index (χ1) is 5.06. The van der Waals surface area contributed by atoms with Gasteiger partial charge in [-0.15, -0.1) is 0 Å². The molecule has 0 aliphatic heterocycles. The molecule has 0 aromatic heterocycles.